The summed E-state index contributed by atoms with van der Waals surface area (Å²) in [4.78, 5) is 12.1. The van der Waals surface area contributed by atoms with Gasteiger partial charge in [-0.1, -0.05) is 181 Å². The molecule has 40 heavy (non-hydrogen) atoms. The van der Waals surface area contributed by atoms with E-state index in [0.717, 1.165) is 19.3 Å². The zero-order valence-electron chi connectivity index (χ0n) is 27.4. The average molecular weight is 569 g/mol. The third-order valence-electron chi connectivity index (χ3n) is 8.18. The maximum atomic E-state index is 12.1. The molecular formula is C36H72O4. The first-order chi connectivity index (χ1) is 19.7. The molecule has 0 fully saturated rings. The number of unbranched alkanes of at least 4 members (excludes halogenated alkanes) is 26. The van der Waals surface area contributed by atoms with E-state index in [4.69, 9.17) is 9.47 Å². The van der Waals surface area contributed by atoms with E-state index >= 15 is 0 Å². The van der Waals surface area contributed by atoms with Crippen LogP contribution >= 0.6 is 0 Å². The van der Waals surface area contributed by atoms with Gasteiger partial charge in [-0.15, -0.1) is 0 Å². The minimum Gasteiger partial charge on any atom is -0.457 e. The van der Waals surface area contributed by atoms with E-state index in [1.165, 1.54) is 161 Å². The predicted octanol–water partition coefficient (Wildman–Crippen LogP) is 11.3. The highest BCUT2D eigenvalue weighted by molar-refractivity contribution is 5.69. The largest absolute Gasteiger partial charge is 0.457 e. The Balaban J connectivity index is 3.38. The quantitative estimate of drug-likeness (QED) is 0.0619. The van der Waals surface area contributed by atoms with Crippen LogP contribution in [0, 0.1) is 0 Å². The second-order valence-electron chi connectivity index (χ2n) is 12.3. The van der Waals surface area contributed by atoms with Gasteiger partial charge in [0.2, 0.25) is 0 Å². The molecule has 0 aliphatic carbocycles. The lowest BCUT2D eigenvalue weighted by molar-refractivity contribution is -0.154. The summed E-state index contributed by atoms with van der Waals surface area (Å²) < 4.78 is 11.1. The first kappa shape index (κ1) is 39.4. The summed E-state index contributed by atoms with van der Waals surface area (Å²) in [5, 5.41) is 9.53. The summed E-state index contributed by atoms with van der Waals surface area (Å²) in [5.74, 6) is -0.196. The van der Waals surface area contributed by atoms with Crippen LogP contribution < -0.4 is 0 Å². The number of aliphatic hydroxyl groups is 1. The molecule has 0 aromatic heterocycles. The lowest BCUT2D eigenvalue weighted by Gasteiger charge is -2.16. The van der Waals surface area contributed by atoms with Crippen LogP contribution in [0.2, 0.25) is 0 Å². The summed E-state index contributed by atoms with van der Waals surface area (Å²) in [6.45, 7) is 5.38. The van der Waals surface area contributed by atoms with Crippen molar-refractivity contribution < 1.29 is 19.4 Å². The maximum Gasteiger partial charge on any atom is 0.306 e. The topological polar surface area (TPSA) is 55.8 Å². The van der Waals surface area contributed by atoms with Crippen molar-refractivity contribution >= 4 is 5.97 Å². The van der Waals surface area contributed by atoms with Crippen molar-refractivity contribution in [3.63, 3.8) is 0 Å². The number of esters is 1. The number of hydrogen-bond donors (Lipinski definition) is 1. The minimum atomic E-state index is -0.522. The van der Waals surface area contributed by atoms with Gasteiger partial charge in [0.25, 0.3) is 0 Å². The summed E-state index contributed by atoms with van der Waals surface area (Å²) in [5.41, 5.74) is 0. The SMILES string of the molecule is CCCCCCCCCCCCCCCCCCC(=O)OC(CO)COCCCCCCCCCCCCCC. The molecule has 0 bridgehead atoms. The lowest BCUT2D eigenvalue weighted by Crippen LogP contribution is -2.27. The van der Waals surface area contributed by atoms with Crippen molar-refractivity contribution in [2.45, 2.75) is 206 Å². The van der Waals surface area contributed by atoms with Crippen LogP contribution in [0.3, 0.4) is 0 Å². The van der Waals surface area contributed by atoms with E-state index in [-0.39, 0.29) is 12.6 Å². The van der Waals surface area contributed by atoms with Gasteiger partial charge in [0.15, 0.2) is 0 Å². The number of aliphatic hydroxyl groups excluding tert-OH is 1. The molecule has 0 aromatic carbocycles. The van der Waals surface area contributed by atoms with Gasteiger partial charge >= 0.3 is 5.97 Å². The number of hydrogen-bond acceptors (Lipinski definition) is 4. The van der Waals surface area contributed by atoms with Crippen molar-refractivity contribution in [3.8, 4) is 0 Å². The first-order valence-corrected chi connectivity index (χ1v) is 18.1. The fourth-order valence-electron chi connectivity index (χ4n) is 5.45. The molecule has 0 saturated carbocycles. The summed E-state index contributed by atoms with van der Waals surface area (Å²) in [6, 6.07) is 0. The van der Waals surface area contributed by atoms with Gasteiger partial charge in [0, 0.05) is 13.0 Å². The Morgan fingerprint density at radius 1 is 0.500 bits per heavy atom. The molecule has 1 atom stereocenters. The van der Waals surface area contributed by atoms with E-state index < -0.39 is 6.10 Å². The molecule has 0 aliphatic rings. The lowest BCUT2D eigenvalue weighted by atomic mass is 10.0. The maximum absolute atomic E-state index is 12.1. The molecule has 0 aromatic rings. The second kappa shape index (κ2) is 34.6. The van der Waals surface area contributed by atoms with Gasteiger partial charge in [-0.25, -0.2) is 0 Å². The van der Waals surface area contributed by atoms with Crippen molar-refractivity contribution in [2.24, 2.45) is 0 Å². The molecule has 0 heterocycles. The Morgan fingerprint density at radius 2 is 0.825 bits per heavy atom. The van der Waals surface area contributed by atoms with Crippen LogP contribution in [0.25, 0.3) is 0 Å². The molecular weight excluding hydrogens is 496 g/mol. The Hall–Kier alpha value is -0.610. The Kier molecular flexibility index (Phi) is 34.1. The summed E-state index contributed by atoms with van der Waals surface area (Å²) >= 11 is 0. The smallest absolute Gasteiger partial charge is 0.306 e. The monoisotopic (exact) mass is 569 g/mol. The van der Waals surface area contributed by atoms with E-state index in [2.05, 4.69) is 13.8 Å². The molecule has 0 radical (unpaired) electrons. The highest BCUT2D eigenvalue weighted by Crippen LogP contribution is 2.15. The number of carbonyl (C=O) groups is 1. The van der Waals surface area contributed by atoms with Gasteiger partial charge in [0.05, 0.1) is 13.2 Å². The fraction of sp³-hybridized carbons (Fsp3) is 0.972. The normalized spacial score (nSPS) is 12.2. The Morgan fingerprint density at radius 3 is 1.18 bits per heavy atom. The molecule has 1 N–H and O–H groups in total. The highest BCUT2D eigenvalue weighted by atomic mass is 16.6. The molecule has 0 spiro atoms. The zero-order valence-corrected chi connectivity index (χ0v) is 27.4. The molecule has 4 nitrogen and oxygen atoms in total. The molecule has 1 unspecified atom stereocenters. The number of rotatable bonds is 34. The van der Waals surface area contributed by atoms with Gasteiger partial charge < -0.3 is 14.6 Å². The molecule has 0 saturated heterocycles. The number of carbonyl (C=O) groups excluding carboxylic acids is 1. The second-order valence-corrected chi connectivity index (χ2v) is 12.3. The molecule has 0 rings (SSSR count). The van der Waals surface area contributed by atoms with E-state index in [9.17, 15) is 9.90 Å². The molecule has 4 heteroatoms. The van der Waals surface area contributed by atoms with Crippen LogP contribution in [-0.4, -0.2) is 37.0 Å². The van der Waals surface area contributed by atoms with Crippen molar-refractivity contribution in [3.05, 3.63) is 0 Å². The predicted molar refractivity (Wildman–Crippen MR) is 173 cm³/mol. The Labute approximate surface area is 251 Å². The minimum absolute atomic E-state index is 0.164. The Bertz CT molecular complexity index is 481. The van der Waals surface area contributed by atoms with Crippen LogP contribution in [0.4, 0.5) is 0 Å². The fourth-order valence-corrected chi connectivity index (χ4v) is 5.45. The molecule has 240 valence electrons. The zero-order chi connectivity index (χ0) is 29.2. The van der Waals surface area contributed by atoms with Gasteiger partial charge in [-0.3, -0.25) is 4.79 Å². The average Bonchev–Trinajstić information content (AvgIpc) is 2.96. The summed E-state index contributed by atoms with van der Waals surface area (Å²) in [6.07, 6.45) is 37.1. The van der Waals surface area contributed by atoms with Crippen molar-refractivity contribution in [1.29, 1.82) is 0 Å². The van der Waals surface area contributed by atoms with E-state index in [1.807, 2.05) is 0 Å². The van der Waals surface area contributed by atoms with Gasteiger partial charge in [-0.2, -0.15) is 0 Å². The van der Waals surface area contributed by atoms with Gasteiger partial charge in [0.1, 0.15) is 6.10 Å². The van der Waals surface area contributed by atoms with Crippen molar-refractivity contribution in [2.75, 3.05) is 19.8 Å². The van der Waals surface area contributed by atoms with Crippen LogP contribution in [0.15, 0.2) is 0 Å². The first-order valence-electron chi connectivity index (χ1n) is 18.1. The third-order valence-corrected chi connectivity index (χ3v) is 8.18. The van der Waals surface area contributed by atoms with Crippen molar-refractivity contribution in [1.82, 2.24) is 0 Å². The summed E-state index contributed by atoms with van der Waals surface area (Å²) in [7, 11) is 0. The molecule has 0 amide bonds. The van der Waals surface area contributed by atoms with Crippen LogP contribution in [0.5, 0.6) is 0 Å². The number of ether oxygens (including phenoxy) is 2. The molecule has 0 aliphatic heterocycles. The van der Waals surface area contributed by atoms with E-state index in [0.29, 0.717) is 19.6 Å². The standard InChI is InChI=1S/C36H72O4/c1-3-5-7-9-11-13-15-17-18-19-20-21-23-25-27-29-31-36(38)40-35(33-37)34-39-32-30-28-26-24-22-16-14-12-10-8-6-4-2/h35,37H,3-34H2,1-2H3. The van der Waals surface area contributed by atoms with Crippen LogP contribution in [-0.2, 0) is 14.3 Å². The highest BCUT2D eigenvalue weighted by Gasteiger charge is 2.13. The van der Waals surface area contributed by atoms with Crippen LogP contribution in [0.1, 0.15) is 200 Å². The van der Waals surface area contributed by atoms with Gasteiger partial charge in [-0.05, 0) is 12.8 Å². The third kappa shape index (κ3) is 31.9. The van der Waals surface area contributed by atoms with E-state index in [1.54, 1.807) is 0 Å².